The van der Waals surface area contributed by atoms with Gasteiger partial charge in [0.05, 0.1) is 23.5 Å². The van der Waals surface area contributed by atoms with E-state index in [0.717, 1.165) is 10.6 Å². The Hall–Kier alpha value is -2.84. The van der Waals surface area contributed by atoms with E-state index in [4.69, 9.17) is 12.2 Å². The molecule has 2 N–H and O–H groups in total. The maximum atomic E-state index is 13.8. The highest BCUT2D eigenvalue weighted by atomic mass is 32.1. The smallest absolute Gasteiger partial charge is 0.226 e. The number of carbonyl (C=O) groups is 1. The average molecular weight is 427 g/mol. The third kappa shape index (κ3) is 4.28. The highest BCUT2D eigenvalue weighted by Crippen LogP contribution is 2.40. The number of rotatable bonds is 6. The number of para-hydroxylation sites is 1. The standard InChI is InChI=1S/C21H19FN4OS2/c22-14-6-1-2-7-15(14)24-18(27)10-12-26-20(17-9-5-13-29-17)19(25-21(26)28)16-8-3-4-11-23-16/h1-9,11,13,19-20H,10,12H2,(H,24,27)(H,25,28)/t19-,20-/m1/s1. The van der Waals surface area contributed by atoms with Crippen molar-refractivity contribution < 1.29 is 9.18 Å². The van der Waals surface area contributed by atoms with Crippen LogP contribution in [0.4, 0.5) is 10.1 Å². The molecule has 5 nitrogen and oxygen atoms in total. The number of carbonyl (C=O) groups excluding carboxylic acids is 1. The van der Waals surface area contributed by atoms with Gasteiger partial charge in [-0.05, 0) is 47.9 Å². The number of nitrogens with zero attached hydrogens (tertiary/aromatic N) is 2. The number of benzene rings is 1. The van der Waals surface area contributed by atoms with Crippen molar-refractivity contribution in [1.29, 1.82) is 0 Å². The maximum absolute atomic E-state index is 13.8. The predicted octanol–water partition coefficient (Wildman–Crippen LogP) is 4.28. The number of thiophene rings is 1. The quantitative estimate of drug-likeness (QED) is 0.576. The van der Waals surface area contributed by atoms with Crippen LogP contribution in [0.15, 0.2) is 66.2 Å². The maximum Gasteiger partial charge on any atom is 0.226 e. The second kappa shape index (κ2) is 8.67. The topological polar surface area (TPSA) is 57.3 Å². The monoisotopic (exact) mass is 426 g/mol. The van der Waals surface area contributed by atoms with E-state index in [1.807, 2.05) is 34.5 Å². The second-order valence-electron chi connectivity index (χ2n) is 6.61. The van der Waals surface area contributed by atoms with Crippen LogP contribution < -0.4 is 10.6 Å². The van der Waals surface area contributed by atoms with E-state index in [2.05, 4.69) is 21.7 Å². The first kappa shape index (κ1) is 19.5. The van der Waals surface area contributed by atoms with Crippen LogP contribution >= 0.6 is 23.6 Å². The number of pyridine rings is 1. The molecule has 8 heteroatoms. The summed E-state index contributed by atoms with van der Waals surface area (Å²) >= 11 is 7.22. The van der Waals surface area contributed by atoms with Gasteiger partial charge in [0.1, 0.15) is 5.82 Å². The summed E-state index contributed by atoms with van der Waals surface area (Å²) in [6.07, 6.45) is 1.95. The lowest BCUT2D eigenvalue weighted by Gasteiger charge is -2.26. The van der Waals surface area contributed by atoms with Gasteiger partial charge < -0.3 is 15.5 Å². The van der Waals surface area contributed by atoms with Crippen molar-refractivity contribution >= 4 is 40.3 Å². The molecule has 1 fully saturated rings. The molecule has 3 aromatic rings. The van der Waals surface area contributed by atoms with E-state index in [-0.39, 0.29) is 30.1 Å². The molecule has 1 amide bonds. The van der Waals surface area contributed by atoms with Crippen LogP contribution in [0.2, 0.25) is 0 Å². The molecule has 2 atom stereocenters. The Bertz CT molecular complexity index is 997. The Balaban J connectivity index is 1.50. The highest BCUT2D eigenvalue weighted by molar-refractivity contribution is 7.80. The summed E-state index contributed by atoms with van der Waals surface area (Å²) in [5.74, 6) is -0.713. The molecule has 1 saturated heterocycles. The minimum atomic E-state index is -0.453. The van der Waals surface area contributed by atoms with Gasteiger partial charge in [0.15, 0.2) is 5.11 Å². The van der Waals surface area contributed by atoms with Crippen LogP contribution in [0.3, 0.4) is 0 Å². The number of hydrogen-bond donors (Lipinski definition) is 2. The zero-order valence-electron chi connectivity index (χ0n) is 15.4. The van der Waals surface area contributed by atoms with Gasteiger partial charge in [-0.3, -0.25) is 9.78 Å². The largest absolute Gasteiger partial charge is 0.352 e. The zero-order valence-corrected chi connectivity index (χ0v) is 17.0. The summed E-state index contributed by atoms with van der Waals surface area (Å²) in [6.45, 7) is 0.415. The van der Waals surface area contributed by atoms with Crippen LogP contribution in [0, 0.1) is 5.82 Å². The SMILES string of the molecule is O=C(CCN1C(=S)N[C@H](c2ccccn2)[C@H]1c1cccs1)Nc1ccccc1F. The van der Waals surface area contributed by atoms with Crippen LogP contribution in [-0.4, -0.2) is 27.4 Å². The lowest BCUT2D eigenvalue weighted by Crippen LogP contribution is -2.32. The predicted molar refractivity (Wildman–Crippen MR) is 116 cm³/mol. The van der Waals surface area contributed by atoms with E-state index in [0.29, 0.717) is 11.7 Å². The molecular formula is C21H19FN4OS2. The Morgan fingerprint density at radius 1 is 1.21 bits per heavy atom. The van der Waals surface area contributed by atoms with E-state index < -0.39 is 5.82 Å². The third-order valence-corrected chi connectivity index (χ3v) is 6.06. The molecule has 1 aliphatic heterocycles. The molecule has 0 spiro atoms. The number of hydrogen-bond acceptors (Lipinski definition) is 4. The van der Waals surface area contributed by atoms with E-state index in [1.54, 1.807) is 35.7 Å². The van der Waals surface area contributed by atoms with Gasteiger partial charge in [0, 0.05) is 24.0 Å². The summed E-state index contributed by atoms with van der Waals surface area (Å²) < 4.78 is 13.8. The molecule has 0 radical (unpaired) electrons. The van der Waals surface area contributed by atoms with E-state index in [9.17, 15) is 9.18 Å². The van der Waals surface area contributed by atoms with Crippen molar-refractivity contribution in [1.82, 2.24) is 15.2 Å². The Morgan fingerprint density at radius 3 is 2.76 bits per heavy atom. The van der Waals surface area contributed by atoms with Crippen LogP contribution in [-0.2, 0) is 4.79 Å². The van der Waals surface area contributed by atoms with E-state index >= 15 is 0 Å². The second-order valence-corrected chi connectivity index (χ2v) is 7.98. The molecule has 3 heterocycles. The first-order valence-electron chi connectivity index (χ1n) is 9.19. The first-order valence-corrected chi connectivity index (χ1v) is 10.5. The molecule has 148 valence electrons. The molecule has 0 aliphatic carbocycles. The lowest BCUT2D eigenvalue weighted by molar-refractivity contribution is -0.116. The third-order valence-electron chi connectivity index (χ3n) is 4.76. The molecular weight excluding hydrogens is 407 g/mol. The molecule has 0 unspecified atom stereocenters. The van der Waals surface area contributed by atoms with Gasteiger partial charge in [-0.15, -0.1) is 11.3 Å². The molecule has 1 aromatic carbocycles. The molecule has 0 saturated carbocycles. The summed E-state index contributed by atoms with van der Waals surface area (Å²) in [7, 11) is 0. The number of nitrogens with one attached hydrogen (secondary N) is 2. The molecule has 4 rings (SSSR count). The lowest BCUT2D eigenvalue weighted by atomic mass is 10.0. The number of amides is 1. The number of halogens is 1. The number of anilines is 1. The van der Waals surface area contributed by atoms with Gasteiger partial charge in [-0.1, -0.05) is 24.3 Å². The fraction of sp³-hybridized carbons (Fsp3) is 0.190. The van der Waals surface area contributed by atoms with E-state index in [1.165, 1.54) is 6.07 Å². The Labute approximate surface area is 177 Å². The van der Waals surface area contributed by atoms with Gasteiger partial charge in [-0.25, -0.2) is 4.39 Å². The van der Waals surface area contributed by atoms with Crippen LogP contribution in [0.5, 0.6) is 0 Å². The van der Waals surface area contributed by atoms with Crippen molar-refractivity contribution in [2.75, 3.05) is 11.9 Å². The summed E-state index contributed by atoms with van der Waals surface area (Å²) in [6, 6.07) is 15.8. The van der Waals surface area contributed by atoms with Crippen molar-refractivity contribution in [3.05, 3.63) is 82.6 Å². The van der Waals surface area contributed by atoms with Crippen LogP contribution in [0.1, 0.15) is 29.1 Å². The van der Waals surface area contributed by atoms with Crippen LogP contribution in [0.25, 0.3) is 0 Å². The van der Waals surface area contributed by atoms with Gasteiger partial charge in [0.2, 0.25) is 5.91 Å². The molecule has 0 bridgehead atoms. The summed E-state index contributed by atoms with van der Waals surface area (Å²) in [5.41, 5.74) is 1.08. The summed E-state index contributed by atoms with van der Waals surface area (Å²) in [5, 5.41) is 8.58. The minimum absolute atomic E-state index is 0.0568. The number of aromatic nitrogens is 1. The zero-order chi connectivity index (χ0) is 20.2. The average Bonchev–Trinajstić information content (AvgIpc) is 3.36. The van der Waals surface area contributed by atoms with Crippen molar-refractivity contribution in [3.8, 4) is 0 Å². The highest BCUT2D eigenvalue weighted by Gasteiger charge is 2.40. The van der Waals surface area contributed by atoms with Gasteiger partial charge in [-0.2, -0.15) is 0 Å². The Kier molecular flexibility index (Phi) is 5.82. The molecule has 1 aliphatic rings. The normalized spacial score (nSPS) is 18.5. The van der Waals surface area contributed by atoms with Crippen molar-refractivity contribution in [3.63, 3.8) is 0 Å². The Morgan fingerprint density at radius 2 is 2.03 bits per heavy atom. The molecule has 29 heavy (non-hydrogen) atoms. The minimum Gasteiger partial charge on any atom is -0.352 e. The van der Waals surface area contributed by atoms with Gasteiger partial charge >= 0.3 is 0 Å². The fourth-order valence-corrected chi connectivity index (χ4v) is 4.62. The van der Waals surface area contributed by atoms with Gasteiger partial charge in [0.25, 0.3) is 0 Å². The molecule has 2 aromatic heterocycles. The summed E-state index contributed by atoms with van der Waals surface area (Å²) in [4.78, 5) is 20.0. The first-order chi connectivity index (χ1) is 14.1. The van der Waals surface area contributed by atoms with Crippen molar-refractivity contribution in [2.24, 2.45) is 0 Å². The fourth-order valence-electron chi connectivity index (χ4n) is 3.41. The van der Waals surface area contributed by atoms with Crippen molar-refractivity contribution in [2.45, 2.75) is 18.5 Å². The number of thiocarbonyl (C=S) groups is 1.